The van der Waals surface area contributed by atoms with Crippen molar-refractivity contribution in [1.29, 1.82) is 0 Å². The highest BCUT2D eigenvalue weighted by atomic mass is 32.2. The Morgan fingerprint density at radius 2 is 2.00 bits per heavy atom. The third kappa shape index (κ3) is 6.07. The number of nitrogens with zero attached hydrogens (tertiary/aromatic N) is 2. The van der Waals surface area contributed by atoms with E-state index in [1.165, 1.54) is 12.0 Å². The fourth-order valence-electron chi connectivity index (χ4n) is 3.90. The normalized spacial score (nSPS) is 11.3. The van der Waals surface area contributed by atoms with Crippen molar-refractivity contribution in [2.75, 3.05) is 19.5 Å². The Balaban J connectivity index is 1.51. The summed E-state index contributed by atoms with van der Waals surface area (Å²) < 4.78 is 19.2. The van der Waals surface area contributed by atoms with E-state index in [0.29, 0.717) is 24.5 Å². The van der Waals surface area contributed by atoms with Crippen LogP contribution in [0.1, 0.15) is 32.1 Å². The van der Waals surface area contributed by atoms with Crippen molar-refractivity contribution in [3.05, 3.63) is 54.7 Å². The van der Waals surface area contributed by atoms with E-state index in [1.807, 2.05) is 36.4 Å². The van der Waals surface area contributed by atoms with Crippen LogP contribution in [-0.2, 0) is 15.5 Å². The minimum Gasteiger partial charge on any atom is -0.493 e. The van der Waals surface area contributed by atoms with Crippen LogP contribution in [0.15, 0.2) is 59.1 Å². The summed E-state index contributed by atoms with van der Waals surface area (Å²) in [6, 6.07) is 16.0. The van der Waals surface area contributed by atoms with Crippen molar-refractivity contribution in [3.63, 3.8) is 0 Å². The van der Waals surface area contributed by atoms with Gasteiger partial charge in [0, 0.05) is 36.8 Å². The molecule has 4 rings (SSSR count). The lowest BCUT2D eigenvalue weighted by Gasteiger charge is -2.05. The number of aliphatic carboxylic acids is 1. The zero-order valence-electron chi connectivity index (χ0n) is 19.2. The van der Waals surface area contributed by atoms with Gasteiger partial charge in [-0.05, 0) is 49.5 Å². The Labute approximate surface area is 202 Å². The maximum atomic E-state index is 10.7. The Kier molecular flexibility index (Phi) is 8.38. The molecule has 2 aromatic heterocycles. The summed E-state index contributed by atoms with van der Waals surface area (Å²) in [5.74, 6) is 1.49. The minimum absolute atomic E-state index is 0.224. The van der Waals surface area contributed by atoms with Gasteiger partial charge in [0.15, 0.2) is 11.8 Å². The quantitative estimate of drug-likeness (QED) is 0.150. The molecule has 0 bridgehead atoms. The average Bonchev–Trinajstić information content (AvgIpc) is 3.26. The number of carbonyl (C=O) groups is 1. The number of oxazole rings is 1. The lowest BCUT2D eigenvalue weighted by Crippen LogP contribution is -2.34. The molecule has 0 amide bonds. The second-order valence-corrected chi connectivity index (χ2v) is 8.96. The number of fused-ring (bicyclic) bond motifs is 2. The van der Waals surface area contributed by atoms with Gasteiger partial charge in [0.25, 0.3) is 0 Å². The third-order valence-electron chi connectivity index (χ3n) is 5.56. The number of hydrogen-bond donors (Lipinski definition) is 1. The zero-order chi connectivity index (χ0) is 23.8. The van der Waals surface area contributed by atoms with E-state index in [2.05, 4.69) is 22.9 Å². The van der Waals surface area contributed by atoms with Crippen LogP contribution in [0.2, 0.25) is 0 Å². The smallest absolute Gasteiger partial charge is 0.303 e. The maximum Gasteiger partial charge on any atom is 0.303 e. The molecule has 0 unspecified atom stereocenters. The number of para-hydroxylation sites is 1. The van der Waals surface area contributed by atoms with Crippen LogP contribution in [0.5, 0.6) is 5.75 Å². The lowest BCUT2D eigenvalue weighted by atomic mass is 10.1. The van der Waals surface area contributed by atoms with Gasteiger partial charge in [0.05, 0.1) is 24.7 Å². The molecule has 1 N–H and O–H groups in total. The van der Waals surface area contributed by atoms with E-state index in [4.69, 9.17) is 23.4 Å². The highest BCUT2D eigenvalue weighted by Gasteiger charge is 2.17. The van der Waals surface area contributed by atoms with Gasteiger partial charge < -0.3 is 18.4 Å². The van der Waals surface area contributed by atoms with Crippen molar-refractivity contribution in [3.8, 4) is 17.2 Å². The fourth-order valence-corrected chi connectivity index (χ4v) is 4.31. The molecule has 8 heteroatoms. The van der Waals surface area contributed by atoms with Crippen LogP contribution < -0.4 is 9.30 Å². The molecule has 7 nitrogen and oxygen atoms in total. The van der Waals surface area contributed by atoms with Crippen molar-refractivity contribution in [1.82, 2.24) is 4.98 Å². The first-order chi connectivity index (χ1) is 16.7. The molecular weight excluding hydrogens is 452 g/mol. The number of carboxylic acids is 1. The molecule has 34 heavy (non-hydrogen) atoms. The molecular formula is C26H29N2O5S+. The first-order valence-electron chi connectivity index (χ1n) is 11.5. The summed E-state index contributed by atoms with van der Waals surface area (Å²) >= 11 is 1.42. The Bertz CT molecular complexity index is 1260. The first kappa shape index (κ1) is 24.0. The van der Waals surface area contributed by atoms with E-state index >= 15 is 0 Å². The largest absolute Gasteiger partial charge is 0.493 e. The summed E-state index contributed by atoms with van der Waals surface area (Å²) in [4.78, 5) is 15.4. The van der Waals surface area contributed by atoms with Crippen LogP contribution in [0.3, 0.4) is 0 Å². The second-order valence-electron chi connectivity index (χ2n) is 7.98. The molecule has 0 atom stereocenters. The van der Waals surface area contributed by atoms with Crippen LogP contribution in [0.25, 0.3) is 33.5 Å². The van der Waals surface area contributed by atoms with E-state index in [0.717, 1.165) is 59.3 Å². The van der Waals surface area contributed by atoms with Gasteiger partial charge in [-0.15, -0.1) is 0 Å². The zero-order valence-corrected chi connectivity index (χ0v) is 20.1. The summed E-state index contributed by atoms with van der Waals surface area (Å²) in [7, 11) is 1.67. The maximum absolute atomic E-state index is 10.7. The number of benzene rings is 2. The van der Waals surface area contributed by atoms with E-state index in [9.17, 15) is 4.79 Å². The predicted molar refractivity (Wildman–Crippen MR) is 133 cm³/mol. The average molecular weight is 482 g/mol. The van der Waals surface area contributed by atoms with Gasteiger partial charge in [-0.1, -0.05) is 12.1 Å². The molecule has 0 saturated carbocycles. The van der Waals surface area contributed by atoms with Gasteiger partial charge >= 0.3 is 5.97 Å². The van der Waals surface area contributed by atoms with Gasteiger partial charge in [0.1, 0.15) is 17.8 Å². The topological polar surface area (TPSA) is 85.7 Å². The molecule has 0 aliphatic heterocycles. The number of hydrogen-bond acceptors (Lipinski definition) is 6. The van der Waals surface area contributed by atoms with Gasteiger partial charge in [-0.3, -0.25) is 4.79 Å². The van der Waals surface area contributed by atoms with Crippen LogP contribution in [0.4, 0.5) is 0 Å². The Morgan fingerprint density at radius 1 is 1.12 bits per heavy atom. The van der Waals surface area contributed by atoms with Crippen molar-refractivity contribution < 1.29 is 27.8 Å². The van der Waals surface area contributed by atoms with Crippen molar-refractivity contribution in [2.45, 2.75) is 38.6 Å². The predicted octanol–water partition coefficient (Wildman–Crippen LogP) is 5.64. The second kappa shape index (κ2) is 11.9. The van der Waals surface area contributed by atoms with Crippen molar-refractivity contribution in [2.24, 2.45) is 0 Å². The number of aryl methyl sites for hydroxylation is 1. The molecule has 0 saturated heterocycles. The number of pyridine rings is 1. The monoisotopic (exact) mass is 481 g/mol. The Morgan fingerprint density at radius 3 is 2.85 bits per heavy atom. The molecule has 4 aromatic rings. The Hall–Kier alpha value is -3.10. The molecule has 0 fully saturated rings. The minimum atomic E-state index is -0.736. The number of ether oxygens (including phenoxy) is 1. The number of rotatable bonds is 13. The molecule has 0 aliphatic carbocycles. The molecule has 0 radical (unpaired) electrons. The highest BCUT2D eigenvalue weighted by molar-refractivity contribution is 7.94. The molecule has 178 valence electrons. The summed E-state index contributed by atoms with van der Waals surface area (Å²) in [5, 5.41) is 9.88. The third-order valence-corrected chi connectivity index (χ3v) is 6.25. The standard InChI is InChI=1S/C26H28N2O5S/c1-31-34-17-7-16-32-19-11-12-22-24(18-19)33-26(27-22)21-13-15-28(14-6-2-3-10-25(29)30)23-9-5-4-8-20(21)23/h4-5,8-9,11-13,15,18H,2-3,6-7,10,14,16-17H2,1H3/p+1. The van der Waals surface area contributed by atoms with Crippen molar-refractivity contribution >= 4 is 40.0 Å². The highest BCUT2D eigenvalue weighted by Crippen LogP contribution is 2.30. The summed E-state index contributed by atoms with van der Waals surface area (Å²) in [6.45, 7) is 1.44. The van der Waals surface area contributed by atoms with E-state index in [-0.39, 0.29) is 6.42 Å². The summed E-state index contributed by atoms with van der Waals surface area (Å²) in [5.41, 5.74) is 3.51. The number of unbranched alkanes of at least 4 members (excludes halogenated alkanes) is 2. The van der Waals surface area contributed by atoms with Crippen LogP contribution in [0, 0.1) is 0 Å². The SMILES string of the molecule is COSCCCOc1ccc2nc(-c3cc[n+](CCCCCC(=O)O)c4ccccc34)oc2c1. The fraction of sp³-hybridized carbons (Fsp3) is 0.346. The molecule has 0 spiro atoms. The summed E-state index contributed by atoms with van der Waals surface area (Å²) in [6.07, 6.45) is 5.69. The van der Waals surface area contributed by atoms with Crippen LogP contribution in [-0.4, -0.2) is 35.5 Å². The molecule has 2 heterocycles. The van der Waals surface area contributed by atoms with E-state index in [1.54, 1.807) is 7.11 Å². The van der Waals surface area contributed by atoms with Crippen LogP contribution >= 0.6 is 12.0 Å². The molecule has 0 aliphatic rings. The number of aromatic nitrogens is 2. The van der Waals surface area contributed by atoms with Gasteiger partial charge in [-0.25, -0.2) is 4.98 Å². The lowest BCUT2D eigenvalue weighted by molar-refractivity contribution is -0.671. The van der Waals surface area contributed by atoms with Gasteiger partial charge in [-0.2, -0.15) is 4.57 Å². The first-order valence-corrected chi connectivity index (χ1v) is 12.4. The van der Waals surface area contributed by atoms with E-state index < -0.39 is 5.97 Å². The molecule has 2 aromatic carbocycles. The number of carboxylic acid groups (broad SMARTS) is 1. The van der Waals surface area contributed by atoms with Gasteiger partial charge in [0.2, 0.25) is 11.4 Å².